The lowest BCUT2D eigenvalue weighted by Gasteiger charge is -2.07. The van der Waals surface area contributed by atoms with E-state index in [-0.39, 0.29) is 12.4 Å². The van der Waals surface area contributed by atoms with Gasteiger partial charge >= 0.3 is 5.97 Å². The highest BCUT2D eigenvalue weighted by atomic mass is 35.5. The maximum Gasteiger partial charge on any atom is 0.328 e. The second-order valence-electron chi connectivity index (χ2n) is 3.61. The molecular formula is C13H12ClFO3. The summed E-state index contributed by atoms with van der Waals surface area (Å²) >= 11 is 5.45. The minimum atomic E-state index is -1.08. The summed E-state index contributed by atoms with van der Waals surface area (Å²) in [5.41, 5.74) is 2.58. The predicted octanol–water partition coefficient (Wildman–Crippen LogP) is 3.44. The van der Waals surface area contributed by atoms with E-state index >= 15 is 0 Å². The van der Waals surface area contributed by atoms with Gasteiger partial charge in [-0.25, -0.2) is 9.18 Å². The van der Waals surface area contributed by atoms with Gasteiger partial charge in [-0.05, 0) is 36.3 Å². The van der Waals surface area contributed by atoms with Gasteiger partial charge in [0.1, 0.15) is 6.61 Å². The monoisotopic (exact) mass is 270 g/mol. The van der Waals surface area contributed by atoms with E-state index in [1.165, 1.54) is 23.7 Å². The summed E-state index contributed by atoms with van der Waals surface area (Å²) in [5.74, 6) is -1.54. The van der Waals surface area contributed by atoms with Crippen molar-refractivity contribution in [2.45, 2.75) is 6.92 Å². The Hall–Kier alpha value is -1.81. The molecule has 1 aromatic rings. The normalized spacial score (nSPS) is 11.8. The fourth-order valence-electron chi connectivity index (χ4n) is 1.13. The lowest BCUT2D eigenvalue weighted by molar-refractivity contribution is -0.131. The molecule has 3 nitrogen and oxygen atoms in total. The SMILES string of the molecule is C/C(=C/Cl)COc1ccc(/C=C/C(=O)O)cc1F. The van der Waals surface area contributed by atoms with Gasteiger partial charge in [-0.1, -0.05) is 17.7 Å². The van der Waals surface area contributed by atoms with Crippen molar-refractivity contribution < 1.29 is 19.0 Å². The third-order valence-corrected chi connectivity index (χ3v) is 2.39. The smallest absolute Gasteiger partial charge is 0.328 e. The first kappa shape index (κ1) is 14.3. The van der Waals surface area contributed by atoms with E-state index in [1.54, 1.807) is 13.0 Å². The molecule has 1 N–H and O–H groups in total. The lowest BCUT2D eigenvalue weighted by atomic mass is 10.2. The molecule has 0 aliphatic rings. The number of carboxylic acids is 1. The first-order chi connectivity index (χ1) is 8.52. The average Bonchev–Trinajstić information content (AvgIpc) is 2.34. The maximum atomic E-state index is 13.6. The first-order valence-corrected chi connectivity index (χ1v) is 5.56. The van der Waals surface area contributed by atoms with E-state index in [1.807, 2.05) is 0 Å². The Morgan fingerprint density at radius 3 is 2.83 bits per heavy atom. The molecule has 5 heteroatoms. The summed E-state index contributed by atoms with van der Waals surface area (Å²) in [6.07, 6.45) is 2.24. The number of hydrogen-bond acceptors (Lipinski definition) is 2. The van der Waals surface area contributed by atoms with Crippen molar-refractivity contribution in [3.63, 3.8) is 0 Å². The molecule has 0 unspecified atom stereocenters. The molecule has 0 saturated heterocycles. The Labute approximate surface area is 109 Å². The summed E-state index contributed by atoms with van der Waals surface area (Å²) in [5, 5.41) is 8.45. The molecule has 0 amide bonds. The van der Waals surface area contributed by atoms with Crippen LogP contribution < -0.4 is 4.74 Å². The molecule has 0 aliphatic carbocycles. The second-order valence-corrected chi connectivity index (χ2v) is 3.82. The zero-order valence-electron chi connectivity index (χ0n) is 9.69. The van der Waals surface area contributed by atoms with Crippen LogP contribution in [0.15, 0.2) is 35.4 Å². The maximum absolute atomic E-state index is 13.6. The summed E-state index contributed by atoms with van der Waals surface area (Å²) < 4.78 is 18.8. The molecule has 0 radical (unpaired) electrons. The Kier molecular flexibility index (Phi) is 5.39. The molecule has 0 saturated carbocycles. The van der Waals surface area contributed by atoms with Crippen LogP contribution in [0.25, 0.3) is 6.08 Å². The molecule has 0 atom stereocenters. The summed E-state index contributed by atoms with van der Waals surface area (Å²) in [7, 11) is 0. The minimum absolute atomic E-state index is 0.0975. The molecule has 18 heavy (non-hydrogen) atoms. The third-order valence-electron chi connectivity index (χ3n) is 2.02. The van der Waals surface area contributed by atoms with E-state index in [4.69, 9.17) is 21.4 Å². The number of benzene rings is 1. The van der Waals surface area contributed by atoms with Gasteiger partial charge in [-0.15, -0.1) is 0 Å². The summed E-state index contributed by atoms with van der Waals surface area (Å²) in [4.78, 5) is 10.3. The van der Waals surface area contributed by atoms with Crippen LogP contribution in [0.2, 0.25) is 0 Å². The average molecular weight is 271 g/mol. The van der Waals surface area contributed by atoms with Crippen molar-refractivity contribution in [3.8, 4) is 5.75 Å². The van der Waals surface area contributed by atoms with Crippen LogP contribution in [-0.4, -0.2) is 17.7 Å². The van der Waals surface area contributed by atoms with Crippen molar-refractivity contribution in [1.82, 2.24) is 0 Å². The number of aliphatic carboxylic acids is 1. The summed E-state index contributed by atoms with van der Waals surface area (Å²) in [6, 6.07) is 4.21. The molecule has 0 bridgehead atoms. The largest absolute Gasteiger partial charge is 0.486 e. The van der Waals surface area contributed by atoms with Gasteiger partial charge in [0, 0.05) is 11.6 Å². The quantitative estimate of drug-likeness (QED) is 0.834. The van der Waals surface area contributed by atoms with E-state index in [9.17, 15) is 9.18 Å². The zero-order valence-corrected chi connectivity index (χ0v) is 10.4. The number of rotatable bonds is 5. The van der Waals surface area contributed by atoms with Gasteiger partial charge in [-0.2, -0.15) is 0 Å². The van der Waals surface area contributed by atoms with Gasteiger partial charge in [0.2, 0.25) is 0 Å². The predicted molar refractivity (Wildman–Crippen MR) is 68.2 cm³/mol. The molecule has 0 fully saturated rings. The Bertz CT molecular complexity index is 495. The molecule has 1 aromatic carbocycles. The Balaban J connectivity index is 2.76. The minimum Gasteiger partial charge on any atom is -0.486 e. The van der Waals surface area contributed by atoms with E-state index < -0.39 is 11.8 Å². The van der Waals surface area contributed by atoms with Crippen LogP contribution >= 0.6 is 11.6 Å². The summed E-state index contributed by atoms with van der Waals surface area (Å²) in [6.45, 7) is 1.96. The molecule has 0 aliphatic heterocycles. The molecular weight excluding hydrogens is 259 g/mol. The topological polar surface area (TPSA) is 46.5 Å². The van der Waals surface area contributed by atoms with Gasteiger partial charge in [0.05, 0.1) is 0 Å². The first-order valence-electron chi connectivity index (χ1n) is 5.12. The van der Waals surface area contributed by atoms with Crippen LogP contribution in [0, 0.1) is 5.82 Å². The number of halogens is 2. The Morgan fingerprint density at radius 1 is 1.56 bits per heavy atom. The third kappa shape index (κ3) is 4.59. The zero-order chi connectivity index (χ0) is 13.5. The van der Waals surface area contributed by atoms with Crippen LogP contribution in [0.5, 0.6) is 5.75 Å². The van der Waals surface area contributed by atoms with Gasteiger partial charge in [-0.3, -0.25) is 0 Å². The molecule has 0 heterocycles. The van der Waals surface area contributed by atoms with Crippen molar-refractivity contribution in [1.29, 1.82) is 0 Å². The van der Waals surface area contributed by atoms with E-state index in [2.05, 4.69) is 0 Å². The van der Waals surface area contributed by atoms with Crippen LogP contribution in [-0.2, 0) is 4.79 Å². The van der Waals surface area contributed by atoms with Crippen molar-refractivity contribution in [2.24, 2.45) is 0 Å². The van der Waals surface area contributed by atoms with Crippen LogP contribution in [0.4, 0.5) is 4.39 Å². The fraction of sp³-hybridized carbons (Fsp3) is 0.154. The molecule has 96 valence electrons. The highest BCUT2D eigenvalue weighted by Crippen LogP contribution is 2.19. The van der Waals surface area contributed by atoms with Gasteiger partial charge in [0.15, 0.2) is 11.6 Å². The standard InChI is InChI=1S/C13H12ClFO3/c1-9(7-14)8-18-12-4-2-10(6-11(12)15)3-5-13(16)17/h2-7H,8H2,1H3,(H,16,17)/b5-3+,9-7-. The van der Waals surface area contributed by atoms with Gasteiger partial charge in [0.25, 0.3) is 0 Å². The fourth-order valence-corrected chi connectivity index (χ4v) is 1.19. The number of carbonyl (C=O) groups is 1. The van der Waals surface area contributed by atoms with Crippen molar-refractivity contribution >= 4 is 23.6 Å². The van der Waals surface area contributed by atoms with Crippen molar-refractivity contribution in [2.75, 3.05) is 6.61 Å². The van der Waals surface area contributed by atoms with Crippen LogP contribution in [0.3, 0.4) is 0 Å². The molecule has 0 aromatic heterocycles. The van der Waals surface area contributed by atoms with Gasteiger partial charge < -0.3 is 9.84 Å². The number of ether oxygens (including phenoxy) is 1. The molecule has 1 rings (SSSR count). The number of hydrogen-bond donors (Lipinski definition) is 1. The highest BCUT2D eigenvalue weighted by molar-refractivity contribution is 6.25. The molecule has 0 spiro atoms. The highest BCUT2D eigenvalue weighted by Gasteiger charge is 2.04. The lowest BCUT2D eigenvalue weighted by Crippen LogP contribution is -2.00. The van der Waals surface area contributed by atoms with Crippen LogP contribution in [0.1, 0.15) is 12.5 Å². The Morgan fingerprint density at radius 2 is 2.28 bits per heavy atom. The second kappa shape index (κ2) is 6.81. The van der Waals surface area contributed by atoms with E-state index in [0.29, 0.717) is 5.56 Å². The van der Waals surface area contributed by atoms with E-state index in [0.717, 1.165) is 11.6 Å². The number of carboxylic acid groups (broad SMARTS) is 1. The van der Waals surface area contributed by atoms with Crippen molar-refractivity contribution in [3.05, 3.63) is 46.8 Å².